The lowest BCUT2D eigenvalue weighted by atomic mass is 9.93. The number of hydrogen-bond acceptors (Lipinski definition) is 6. The number of hydrogen-bond donors (Lipinski definition) is 2. The van der Waals surface area contributed by atoms with Crippen LogP contribution in [0.2, 0.25) is 0 Å². The lowest BCUT2D eigenvalue weighted by molar-refractivity contribution is 0.0690. The molecule has 96 valence electrons. The highest BCUT2D eigenvalue weighted by Crippen LogP contribution is 2.27. The van der Waals surface area contributed by atoms with E-state index in [0.29, 0.717) is 5.13 Å². The van der Waals surface area contributed by atoms with Gasteiger partial charge in [0.25, 0.3) is 0 Å². The first-order valence-corrected chi connectivity index (χ1v) is 6.16. The molecule has 0 aliphatic rings. The molecule has 2 heterocycles. The van der Waals surface area contributed by atoms with E-state index in [0.717, 1.165) is 12.0 Å². The number of thiazole rings is 1. The van der Waals surface area contributed by atoms with Gasteiger partial charge in [-0.15, -0.1) is 11.3 Å². The van der Waals surface area contributed by atoms with Crippen molar-refractivity contribution in [1.82, 2.24) is 9.97 Å². The molecule has 0 bridgehead atoms. The van der Waals surface area contributed by atoms with Crippen LogP contribution in [0, 0.1) is 0 Å². The SMILES string of the molecule is CC(C)(C)c1csc(Nc2nc(C(=O)O)co2)n1. The normalized spacial score (nSPS) is 11.5. The van der Waals surface area contributed by atoms with Gasteiger partial charge in [-0.2, -0.15) is 4.98 Å². The first kappa shape index (κ1) is 12.6. The number of aromatic nitrogens is 2. The standard InChI is InChI=1S/C11H13N3O3S/c1-11(2,3)7-5-18-10(13-7)14-9-12-6(4-17-9)8(15)16/h4-5H,1-3H3,(H,15,16)(H,12,13,14). The van der Waals surface area contributed by atoms with Gasteiger partial charge in [-0.25, -0.2) is 9.78 Å². The van der Waals surface area contributed by atoms with Crippen molar-refractivity contribution in [3.63, 3.8) is 0 Å². The van der Waals surface area contributed by atoms with Crippen LogP contribution >= 0.6 is 11.3 Å². The number of oxazole rings is 1. The lowest BCUT2D eigenvalue weighted by Crippen LogP contribution is -2.11. The Morgan fingerprint density at radius 3 is 2.67 bits per heavy atom. The first-order chi connectivity index (χ1) is 8.36. The summed E-state index contributed by atoms with van der Waals surface area (Å²) in [6, 6.07) is 0.127. The molecule has 0 saturated carbocycles. The number of carboxylic acids is 1. The average Bonchev–Trinajstić information content (AvgIpc) is 2.85. The van der Waals surface area contributed by atoms with Crippen LogP contribution in [-0.4, -0.2) is 21.0 Å². The van der Waals surface area contributed by atoms with E-state index < -0.39 is 5.97 Å². The molecule has 2 rings (SSSR count). The van der Waals surface area contributed by atoms with Gasteiger partial charge in [0.2, 0.25) is 0 Å². The number of carboxylic acid groups (broad SMARTS) is 1. The van der Waals surface area contributed by atoms with Crippen LogP contribution in [-0.2, 0) is 5.41 Å². The molecule has 7 heteroatoms. The molecular formula is C11H13N3O3S. The minimum absolute atomic E-state index is 0.0285. The molecule has 0 aliphatic carbocycles. The molecule has 2 aromatic heterocycles. The summed E-state index contributed by atoms with van der Waals surface area (Å²) in [5, 5.41) is 14.1. The van der Waals surface area contributed by atoms with Crippen molar-refractivity contribution >= 4 is 28.5 Å². The zero-order valence-corrected chi connectivity index (χ0v) is 11.0. The van der Waals surface area contributed by atoms with Crippen LogP contribution in [0.5, 0.6) is 0 Å². The van der Waals surface area contributed by atoms with E-state index in [1.807, 2.05) is 5.38 Å². The third-order valence-electron chi connectivity index (χ3n) is 2.21. The van der Waals surface area contributed by atoms with Crippen LogP contribution in [0.4, 0.5) is 11.1 Å². The number of rotatable bonds is 3. The summed E-state index contributed by atoms with van der Waals surface area (Å²) in [5.74, 6) is -1.12. The maximum Gasteiger partial charge on any atom is 0.357 e. The lowest BCUT2D eigenvalue weighted by Gasteiger charge is -2.13. The Kier molecular flexibility index (Phi) is 3.08. The summed E-state index contributed by atoms with van der Waals surface area (Å²) in [5.41, 5.74) is 0.796. The van der Waals surface area contributed by atoms with Crippen molar-refractivity contribution in [1.29, 1.82) is 0 Å². The van der Waals surface area contributed by atoms with Crippen LogP contribution in [0.3, 0.4) is 0 Å². The molecule has 2 aromatic rings. The molecule has 0 atom stereocenters. The molecule has 0 aliphatic heterocycles. The molecule has 18 heavy (non-hydrogen) atoms. The minimum Gasteiger partial charge on any atom is -0.476 e. The summed E-state index contributed by atoms with van der Waals surface area (Å²) in [7, 11) is 0. The highest BCUT2D eigenvalue weighted by molar-refractivity contribution is 7.13. The van der Waals surface area contributed by atoms with Crippen molar-refractivity contribution < 1.29 is 14.3 Å². The Morgan fingerprint density at radius 2 is 2.17 bits per heavy atom. The summed E-state index contributed by atoms with van der Waals surface area (Å²) in [6.07, 6.45) is 1.09. The molecule has 6 nitrogen and oxygen atoms in total. The van der Waals surface area contributed by atoms with E-state index in [2.05, 4.69) is 36.1 Å². The van der Waals surface area contributed by atoms with E-state index in [1.54, 1.807) is 0 Å². The van der Waals surface area contributed by atoms with Crippen LogP contribution in [0.25, 0.3) is 0 Å². The second-order valence-electron chi connectivity index (χ2n) is 4.76. The van der Waals surface area contributed by atoms with E-state index in [1.165, 1.54) is 11.3 Å². The second kappa shape index (κ2) is 4.41. The zero-order valence-electron chi connectivity index (χ0n) is 10.2. The molecule has 0 radical (unpaired) electrons. The first-order valence-electron chi connectivity index (χ1n) is 5.28. The van der Waals surface area contributed by atoms with Crippen molar-refractivity contribution in [3.05, 3.63) is 23.0 Å². The molecule has 0 saturated heterocycles. The van der Waals surface area contributed by atoms with Gasteiger partial charge < -0.3 is 9.52 Å². The predicted octanol–water partition coefficient (Wildman–Crippen LogP) is 2.87. The van der Waals surface area contributed by atoms with Crippen molar-refractivity contribution in [2.24, 2.45) is 0 Å². The van der Waals surface area contributed by atoms with E-state index in [9.17, 15) is 4.79 Å². The number of aromatic carboxylic acids is 1. The van der Waals surface area contributed by atoms with E-state index in [4.69, 9.17) is 9.52 Å². The van der Waals surface area contributed by atoms with Crippen molar-refractivity contribution in [2.45, 2.75) is 26.2 Å². The van der Waals surface area contributed by atoms with Gasteiger partial charge in [0.15, 0.2) is 10.8 Å². The highest BCUT2D eigenvalue weighted by Gasteiger charge is 2.18. The Balaban J connectivity index is 2.14. The monoisotopic (exact) mass is 267 g/mol. The van der Waals surface area contributed by atoms with Crippen LogP contribution in [0.15, 0.2) is 16.1 Å². The van der Waals surface area contributed by atoms with E-state index >= 15 is 0 Å². The summed E-state index contributed by atoms with van der Waals surface area (Å²) in [6.45, 7) is 6.21. The smallest absolute Gasteiger partial charge is 0.357 e. The quantitative estimate of drug-likeness (QED) is 0.889. The van der Waals surface area contributed by atoms with Crippen molar-refractivity contribution in [2.75, 3.05) is 5.32 Å². The zero-order chi connectivity index (χ0) is 13.3. The summed E-state index contributed by atoms with van der Waals surface area (Å²) in [4.78, 5) is 18.8. The number of anilines is 2. The van der Waals surface area contributed by atoms with Crippen molar-refractivity contribution in [3.8, 4) is 0 Å². The second-order valence-corrected chi connectivity index (χ2v) is 5.61. The third-order valence-corrected chi connectivity index (χ3v) is 2.97. The Hall–Kier alpha value is -1.89. The van der Waals surface area contributed by atoms with Gasteiger partial charge in [-0.3, -0.25) is 5.32 Å². The molecule has 0 unspecified atom stereocenters. The highest BCUT2D eigenvalue weighted by atomic mass is 32.1. The Labute approximate surface area is 108 Å². The van der Waals surface area contributed by atoms with E-state index in [-0.39, 0.29) is 17.1 Å². The van der Waals surface area contributed by atoms with Gasteiger partial charge in [-0.05, 0) is 0 Å². The van der Waals surface area contributed by atoms with Gasteiger partial charge in [0.05, 0.1) is 5.69 Å². The number of nitrogens with one attached hydrogen (secondary N) is 1. The summed E-state index contributed by atoms with van der Waals surface area (Å²) < 4.78 is 4.99. The van der Waals surface area contributed by atoms with Gasteiger partial charge in [0, 0.05) is 10.8 Å². The molecule has 2 N–H and O–H groups in total. The number of carbonyl (C=O) groups is 1. The molecular weight excluding hydrogens is 254 g/mol. The maximum atomic E-state index is 10.6. The predicted molar refractivity (Wildman–Crippen MR) is 67.6 cm³/mol. The summed E-state index contributed by atoms with van der Waals surface area (Å²) >= 11 is 1.42. The maximum absolute atomic E-state index is 10.6. The Bertz CT molecular complexity index is 568. The van der Waals surface area contributed by atoms with Gasteiger partial charge in [-0.1, -0.05) is 20.8 Å². The van der Waals surface area contributed by atoms with Crippen LogP contribution < -0.4 is 5.32 Å². The number of nitrogens with zero attached hydrogens (tertiary/aromatic N) is 2. The molecule has 0 spiro atoms. The van der Waals surface area contributed by atoms with Gasteiger partial charge >= 0.3 is 12.0 Å². The molecule has 0 aromatic carbocycles. The fourth-order valence-electron chi connectivity index (χ4n) is 1.20. The third kappa shape index (κ3) is 2.67. The van der Waals surface area contributed by atoms with Crippen LogP contribution in [0.1, 0.15) is 37.0 Å². The fraction of sp³-hybridized carbons (Fsp3) is 0.364. The minimum atomic E-state index is -1.12. The fourth-order valence-corrected chi connectivity index (χ4v) is 2.12. The van der Waals surface area contributed by atoms with Gasteiger partial charge in [0.1, 0.15) is 6.26 Å². The Morgan fingerprint density at radius 1 is 1.44 bits per heavy atom. The molecule has 0 fully saturated rings. The molecule has 0 amide bonds. The topological polar surface area (TPSA) is 88.2 Å². The largest absolute Gasteiger partial charge is 0.476 e. The average molecular weight is 267 g/mol.